The van der Waals surface area contributed by atoms with E-state index in [0.29, 0.717) is 29.9 Å². The molecule has 104 valence electrons. The smallest absolute Gasteiger partial charge is 0.206 e. The number of nitrogens with zero attached hydrogens (tertiary/aromatic N) is 1. The molecule has 1 aliphatic rings. The lowest BCUT2D eigenvalue weighted by Crippen LogP contribution is -2.13. The van der Waals surface area contributed by atoms with Gasteiger partial charge in [0.2, 0.25) is 5.88 Å². The van der Waals surface area contributed by atoms with Crippen LogP contribution in [-0.2, 0) is 6.42 Å². The molecule has 0 atom stereocenters. The van der Waals surface area contributed by atoms with Gasteiger partial charge in [0.05, 0.1) is 17.7 Å². The maximum absolute atomic E-state index is 13.2. The molecule has 1 aromatic heterocycles. The number of para-hydroxylation sites is 1. The Bertz CT molecular complexity index is 897. The molecule has 0 fully saturated rings. The Labute approximate surface area is 120 Å². The molecule has 0 amide bonds. The predicted molar refractivity (Wildman–Crippen MR) is 78.7 cm³/mol. The average Bonchev–Trinajstić information content (AvgIpc) is 2.99. The number of hydrogen-bond donors (Lipinski definition) is 0. The van der Waals surface area contributed by atoms with E-state index < -0.39 is 0 Å². The molecule has 21 heavy (non-hydrogen) atoms. The Morgan fingerprint density at radius 2 is 1.81 bits per heavy atom. The summed E-state index contributed by atoms with van der Waals surface area (Å²) in [5.74, 6) is 0.284. The largest absolute Gasteiger partial charge is 0.478 e. The normalized spacial score (nSPS) is 13.2. The van der Waals surface area contributed by atoms with E-state index in [0.717, 1.165) is 11.2 Å². The Morgan fingerprint density at radius 3 is 2.62 bits per heavy atom. The fourth-order valence-corrected chi connectivity index (χ4v) is 2.83. The van der Waals surface area contributed by atoms with Crippen molar-refractivity contribution < 1.29 is 9.13 Å². The van der Waals surface area contributed by atoms with Crippen LogP contribution < -0.4 is 10.2 Å². The zero-order valence-corrected chi connectivity index (χ0v) is 11.2. The quantitative estimate of drug-likeness (QED) is 0.686. The highest BCUT2D eigenvalue weighted by molar-refractivity contribution is 5.83. The van der Waals surface area contributed by atoms with E-state index in [1.807, 2.05) is 28.8 Å². The van der Waals surface area contributed by atoms with Gasteiger partial charge in [-0.05, 0) is 36.4 Å². The molecule has 0 saturated carbocycles. The Hall–Kier alpha value is -2.62. The second-order valence-corrected chi connectivity index (χ2v) is 5.04. The molecule has 0 radical (unpaired) electrons. The topological polar surface area (TPSA) is 31.2 Å². The molecule has 0 aliphatic carbocycles. The first-order valence-electron chi connectivity index (χ1n) is 6.81. The molecular weight excluding hydrogens is 269 g/mol. The third-order valence-corrected chi connectivity index (χ3v) is 3.80. The van der Waals surface area contributed by atoms with Crippen LogP contribution >= 0.6 is 0 Å². The van der Waals surface area contributed by atoms with Crippen molar-refractivity contribution >= 4 is 10.9 Å². The third-order valence-electron chi connectivity index (χ3n) is 3.80. The number of fused-ring (bicyclic) bond motifs is 2. The summed E-state index contributed by atoms with van der Waals surface area (Å²) in [7, 11) is 0. The third kappa shape index (κ3) is 1.76. The fraction of sp³-hybridized carbons (Fsp3) is 0.118. The lowest BCUT2D eigenvalue weighted by molar-refractivity contribution is 0.338. The highest BCUT2D eigenvalue weighted by atomic mass is 19.1. The van der Waals surface area contributed by atoms with E-state index >= 15 is 0 Å². The van der Waals surface area contributed by atoms with Gasteiger partial charge in [0.25, 0.3) is 0 Å². The van der Waals surface area contributed by atoms with Crippen molar-refractivity contribution in [3.05, 3.63) is 70.1 Å². The molecule has 3 nitrogen and oxygen atoms in total. The molecule has 2 heterocycles. The number of rotatable bonds is 1. The minimum atomic E-state index is -0.290. The summed E-state index contributed by atoms with van der Waals surface area (Å²) in [6, 6.07) is 13.6. The summed E-state index contributed by atoms with van der Waals surface area (Å²) in [6.45, 7) is 0.502. The van der Waals surface area contributed by atoms with Gasteiger partial charge >= 0.3 is 0 Å². The maximum atomic E-state index is 13.2. The Morgan fingerprint density at radius 1 is 1.05 bits per heavy atom. The van der Waals surface area contributed by atoms with Gasteiger partial charge in [-0.25, -0.2) is 4.39 Å². The van der Waals surface area contributed by atoms with E-state index in [1.54, 1.807) is 12.1 Å². The Kier molecular flexibility index (Phi) is 2.57. The van der Waals surface area contributed by atoms with Gasteiger partial charge in [0.15, 0.2) is 5.43 Å². The van der Waals surface area contributed by atoms with E-state index in [9.17, 15) is 9.18 Å². The minimum Gasteiger partial charge on any atom is -0.478 e. The number of halogens is 1. The van der Waals surface area contributed by atoms with Crippen molar-refractivity contribution in [2.24, 2.45) is 0 Å². The van der Waals surface area contributed by atoms with Crippen LogP contribution in [0.4, 0.5) is 4.39 Å². The summed E-state index contributed by atoms with van der Waals surface area (Å²) >= 11 is 0. The molecule has 0 spiro atoms. The molecule has 1 aliphatic heterocycles. The van der Waals surface area contributed by atoms with E-state index in [4.69, 9.17) is 4.74 Å². The van der Waals surface area contributed by atoms with Crippen molar-refractivity contribution in [3.63, 3.8) is 0 Å². The summed E-state index contributed by atoms with van der Waals surface area (Å²) in [5.41, 5.74) is 2.27. The van der Waals surface area contributed by atoms with Crippen molar-refractivity contribution in [2.75, 3.05) is 6.61 Å². The predicted octanol–water partition coefficient (Wildman–Crippen LogP) is 3.06. The second kappa shape index (κ2) is 4.45. The number of aromatic nitrogens is 1. The first-order valence-corrected chi connectivity index (χ1v) is 6.81. The van der Waals surface area contributed by atoms with Crippen LogP contribution in [-0.4, -0.2) is 11.2 Å². The van der Waals surface area contributed by atoms with E-state index in [-0.39, 0.29) is 11.2 Å². The van der Waals surface area contributed by atoms with Crippen LogP contribution in [0.3, 0.4) is 0 Å². The Balaban J connectivity index is 2.15. The molecule has 0 bridgehead atoms. The van der Waals surface area contributed by atoms with Crippen molar-refractivity contribution in [1.29, 1.82) is 0 Å². The van der Waals surface area contributed by atoms with Gasteiger partial charge in [-0.2, -0.15) is 0 Å². The molecule has 0 unspecified atom stereocenters. The fourth-order valence-electron chi connectivity index (χ4n) is 2.83. The van der Waals surface area contributed by atoms with E-state index in [2.05, 4.69) is 0 Å². The number of benzene rings is 2. The summed E-state index contributed by atoms with van der Waals surface area (Å²) in [4.78, 5) is 12.5. The van der Waals surface area contributed by atoms with Gasteiger partial charge in [-0.3, -0.25) is 9.36 Å². The van der Waals surface area contributed by atoms with Gasteiger partial charge < -0.3 is 4.74 Å². The molecule has 3 aromatic rings. The molecule has 0 saturated heterocycles. The van der Waals surface area contributed by atoms with Gasteiger partial charge in [0.1, 0.15) is 5.82 Å². The SMILES string of the molecule is O=c1c2c(n(-c3ccc(F)cc3)c3ccccc13)OCC2. The van der Waals surface area contributed by atoms with Crippen LogP contribution in [0.2, 0.25) is 0 Å². The average molecular weight is 281 g/mol. The van der Waals surface area contributed by atoms with Crippen molar-refractivity contribution in [2.45, 2.75) is 6.42 Å². The second-order valence-electron chi connectivity index (χ2n) is 5.04. The van der Waals surface area contributed by atoms with Gasteiger partial charge in [-0.15, -0.1) is 0 Å². The lowest BCUT2D eigenvalue weighted by atomic mass is 10.1. The summed E-state index contributed by atoms with van der Waals surface area (Å²) in [6.07, 6.45) is 0.611. The highest BCUT2D eigenvalue weighted by Gasteiger charge is 2.23. The summed E-state index contributed by atoms with van der Waals surface area (Å²) < 4.78 is 20.7. The zero-order valence-electron chi connectivity index (χ0n) is 11.2. The van der Waals surface area contributed by atoms with Crippen LogP contribution in [0.5, 0.6) is 5.88 Å². The number of pyridine rings is 1. The first-order chi connectivity index (χ1) is 10.3. The monoisotopic (exact) mass is 281 g/mol. The van der Waals surface area contributed by atoms with Gasteiger partial charge in [-0.1, -0.05) is 12.1 Å². The van der Waals surface area contributed by atoms with E-state index in [1.165, 1.54) is 12.1 Å². The maximum Gasteiger partial charge on any atom is 0.206 e. The molecule has 2 aromatic carbocycles. The number of ether oxygens (including phenoxy) is 1. The molecule has 0 N–H and O–H groups in total. The standard InChI is InChI=1S/C17H12FNO2/c18-11-5-7-12(8-6-11)19-15-4-2-1-3-13(15)16(20)14-9-10-21-17(14)19/h1-8H,9-10H2. The summed E-state index contributed by atoms with van der Waals surface area (Å²) in [5, 5.41) is 0.658. The first kappa shape index (κ1) is 12.1. The number of hydrogen-bond acceptors (Lipinski definition) is 2. The van der Waals surface area contributed by atoms with Crippen LogP contribution in [0.1, 0.15) is 5.56 Å². The minimum absolute atomic E-state index is 0.0245. The van der Waals surface area contributed by atoms with Crippen LogP contribution in [0, 0.1) is 5.82 Å². The van der Waals surface area contributed by atoms with Crippen molar-refractivity contribution in [1.82, 2.24) is 4.57 Å². The molecule has 4 rings (SSSR count). The molecule has 4 heteroatoms. The van der Waals surface area contributed by atoms with Crippen molar-refractivity contribution in [3.8, 4) is 11.6 Å². The van der Waals surface area contributed by atoms with Gasteiger partial charge in [0, 0.05) is 17.5 Å². The molecular formula is C17H12FNO2. The highest BCUT2D eigenvalue weighted by Crippen LogP contribution is 2.30. The van der Waals surface area contributed by atoms with Crippen LogP contribution in [0.15, 0.2) is 53.3 Å². The zero-order chi connectivity index (χ0) is 14.4. The van der Waals surface area contributed by atoms with Crippen LogP contribution in [0.25, 0.3) is 16.6 Å². The lowest BCUT2D eigenvalue weighted by Gasteiger charge is -2.15.